The molecular formula is C19H25NO4S2. The number of hydrogen-bond donors (Lipinski definition) is 1. The Bertz CT molecular complexity index is 839. The van der Waals surface area contributed by atoms with Crippen LogP contribution in [0.3, 0.4) is 0 Å². The molecule has 0 radical (unpaired) electrons. The van der Waals surface area contributed by atoms with E-state index in [1.54, 1.807) is 12.1 Å². The van der Waals surface area contributed by atoms with Gasteiger partial charge in [0.05, 0.1) is 12.7 Å². The molecule has 2 rings (SSSR count). The lowest BCUT2D eigenvalue weighted by atomic mass is 10.0. The van der Waals surface area contributed by atoms with E-state index in [-0.39, 0.29) is 13.0 Å². The first-order valence-corrected chi connectivity index (χ1v) is 11.1. The van der Waals surface area contributed by atoms with Crippen molar-refractivity contribution in [2.75, 3.05) is 6.26 Å². The summed E-state index contributed by atoms with van der Waals surface area (Å²) < 4.78 is 25.8. The highest BCUT2D eigenvalue weighted by Crippen LogP contribution is 2.22. The molecule has 0 atom stereocenters. The Morgan fingerprint density at radius 1 is 1.04 bits per heavy atom. The van der Waals surface area contributed by atoms with Crippen LogP contribution in [0.2, 0.25) is 0 Å². The predicted octanol–water partition coefficient (Wildman–Crippen LogP) is 3.54. The van der Waals surface area contributed by atoms with E-state index >= 15 is 0 Å². The molecule has 0 aliphatic rings. The number of benzene rings is 1. The number of carboxylic acids is 1. The van der Waals surface area contributed by atoms with E-state index in [1.807, 2.05) is 24.3 Å². The molecule has 26 heavy (non-hydrogen) atoms. The molecule has 1 heterocycles. The monoisotopic (exact) mass is 395 g/mol. The molecular weight excluding hydrogens is 370 g/mol. The van der Waals surface area contributed by atoms with E-state index in [0.29, 0.717) is 12.5 Å². The van der Waals surface area contributed by atoms with E-state index in [1.165, 1.54) is 27.5 Å². The van der Waals surface area contributed by atoms with Crippen LogP contribution in [0.5, 0.6) is 0 Å². The molecule has 0 saturated carbocycles. The summed E-state index contributed by atoms with van der Waals surface area (Å²) in [6.07, 6.45) is 2.16. The first-order chi connectivity index (χ1) is 12.1. The average molecular weight is 396 g/mol. The van der Waals surface area contributed by atoms with Crippen LogP contribution in [0.15, 0.2) is 36.4 Å². The van der Waals surface area contributed by atoms with Crippen LogP contribution in [0.25, 0.3) is 0 Å². The van der Waals surface area contributed by atoms with Crippen molar-refractivity contribution >= 4 is 27.3 Å². The van der Waals surface area contributed by atoms with Crippen molar-refractivity contribution in [1.82, 2.24) is 4.31 Å². The molecule has 0 amide bonds. The Hall–Kier alpha value is -1.70. The van der Waals surface area contributed by atoms with Gasteiger partial charge < -0.3 is 5.11 Å². The lowest BCUT2D eigenvalue weighted by Gasteiger charge is -2.19. The summed E-state index contributed by atoms with van der Waals surface area (Å²) in [5.74, 6) is -0.313. The number of thiophene rings is 1. The van der Waals surface area contributed by atoms with Crippen LogP contribution in [0, 0.1) is 5.92 Å². The Balaban J connectivity index is 2.10. The van der Waals surface area contributed by atoms with Crippen molar-refractivity contribution in [2.24, 2.45) is 5.92 Å². The van der Waals surface area contributed by atoms with Crippen molar-refractivity contribution in [3.63, 3.8) is 0 Å². The second-order valence-electron chi connectivity index (χ2n) is 6.88. The SMILES string of the molecule is CC(C)Cc1ccc(CN(Cc2ccc(CC(=O)O)s2)S(C)(=O)=O)cc1. The molecule has 1 N–H and O–H groups in total. The molecule has 0 aliphatic heterocycles. The maximum atomic E-state index is 12.2. The first-order valence-electron chi connectivity index (χ1n) is 8.46. The van der Waals surface area contributed by atoms with Gasteiger partial charge in [-0.05, 0) is 35.6 Å². The van der Waals surface area contributed by atoms with Crippen LogP contribution in [-0.2, 0) is 40.7 Å². The fourth-order valence-corrected chi connectivity index (χ4v) is 4.54. The average Bonchev–Trinajstić information content (AvgIpc) is 2.93. The maximum absolute atomic E-state index is 12.2. The zero-order chi connectivity index (χ0) is 19.3. The summed E-state index contributed by atoms with van der Waals surface area (Å²) in [5.41, 5.74) is 2.18. The maximum Gasteiger partial charge on any atom is 0.308 e. The molecule has 1 aromatic heterocycles. The molecule has 0 bridgehead atoms. The molecule has 0 saturated heterocycles. The molecule has 0 unspecified atom stereocenters. The van der Waals surface area contributed by atoms with Crippen molar-refractivity contribution in [3.8, 4) is 0 Å². The molecule has 7 heteroatoms. The topological polar surface area (TPSA) is 74.7 Å². The van der Waals surface area contributed by atoms with Crippen molar-refractivity contribution in [1.29, 1.82) is 0 Å². The molecule has 1 aromatic carbocycles. The van der Waals surface area contributed by atoms with Crippen LogP contribution >= 0.6 is 11.3 Å². The Morgan fingerprint density at radius 2 is 1.62 bits per heavy atom. The zero-order valence-electron chi connectivity index (χ0n) is 15.3. The van der Waals surface area contributed by atoms with Crippen molar-refractivity contribution in [3.05, 3.63) is 57.3 Å². The second-order valence-corrected chi connectivity index (χ2v) is 10.1. The largest absolute Gasteiger partial charge is 0.481 e. The third-order valence-corrected chi connectivity index (χ3v) is 6.14. The molecule has 0 aliphatic carbocycles. The van der Waals surface area contributed by atoms with Gasteiger partial charge in [-0.3, -0.25) is 4.79 Å². The van der Waals surface area contributed by atoms with Gasteiger partial charge in [-0.15, -0.1) is 11.3 Å². The van der Waals surface area contributed by atoms with Crippen LogP contribution in [0.1, 0.15) is 34.7 Å². The number of rotatable bonds is 9. The summed E-state index contributed by atoms with van der Waals surface area (Å²) >= 11 is 1.34. The fourth-order valence-electron chi connectivity index (χ4n) is 2.67. The second kappa shape index (κ2) is 8.79. The minimum atomic E-state index is -3.38. The number of aliphatic carboxylic acids is 1. The molecule has 5 nitrogen and oxygen atoms in total. The molecule has 2 aromatic rings. The van der Waals surface area contributed by atoms with Gasteiger partial charge >= 0.3 is 5.97 Å². The number of carbonyl (C=O) groups is 1. The lowest BCUT2D eigenvalue weighted by Crippen LogP contribution is -2.28. The van der Waals surface area contributed by atoms with E-state index in [0.717, 1.165) is 21.7 Å². The predicted molar refractivity (Wildman–Crippen MR) is 105 cm³/mol. The van der Waals surface area contributed by atoms with Crippen molar-refractivity contribution < 1.29 is 18.3 Å². The van der Waals surface area contributed by atoms with Gasteiger partial charge in [0.1, 0.15) is 0 Å². The first kappa shape index (κ1) is 20.6. The van der Waals surface area contributed by atoms with E-state index in [4.69, 9.17) is 5.11 Å². The van der Waals surface area contributed by atoms with Crippen LogP contribution in [0.4, 0.5) is 0 Å². The zero-order valence-corrected chi connectivity index (χ0v) is 16.9. The number of carboxylic acid groups (broad SMARTS) is 1. The quantitative estimate of drug-likeness (QED) is 0.705. The van der Waals surface area contributed by atoms with Crippen LogP contribution < -0.4 is 0 Å². The summed E-state index contributed by atoms with van der Waals surface area (Å²) in [4.78, 5) is 12.4. The Morgan fingerprint density at radius 3 is 2.15 bits per heavy atom. The minimum Gasteiger partial charge on any atom is -0.481 e. The highest BCUT2D eigenvalue weighted by Gasteiger charge is 2.19. The normalized spacial score (nSPS) is 12.0. The minimum absolute atomic E-state index is 0.0408. The lowest BCUT2D eigenvalue weighted by molar-refractivity contribution is -0.136. The van der Waals surface area contributed by atoms with Gasteiger partial charge in [0.15, 0.2) is 0 Å². The fraction of sp³-hybridized carbons (Fsp3) is 0.421. The molecule has 0 fully saturated rings. The van der Waals surface area contributed by atoms with Crippen LogP contribution in [-0.4, -0.2) is 30.1 Å². The smallest absolute Gasteiger partial charge is 0.308 e. The van der Waals surface area contributed by atoms with Gasteiger partial charge in [0, 0.05) is 22.8 Å². The molecule has 142 valence electrons. The summed E-state index contributed by atoms with van der Waals surface area (Å²) in [6, 6.07) is 11.6. The number of nitrogens with zero attached hydrogens (tertiary/aromatic N) is 1. The third-order valence-electron chi connectivity index (χ3n) is 3.87. The van der Waals surface area contributed by atoms with Gasteiger partial charge in [-0.1, -0.05) is 38.1 Å². The van der Waals surface area contributed by atoms with E-state index in [9.17, 15) is 13.2 Å². The van der Waals surface area contributed by atoms with Gasteiger partial charge in [-0.25, -0.2) is 8.42 Å². The third kappa shape index (κ3) is 6.55. The van der Waals surface area contributed by atoms with Gasteiger partial charge in [-0.2, -0.15) is 4.31 Å². The Labute approximate surface area is 159 Å². The number of sulfonamides is 1. The van der Waals surface area contributed by atoms with Gasteiger partial charge in [0.2, 0.25) is 10.0 Å². The van der Waals surface area contributed by atoms with E-state index in [2.05, 4.69) is 13.8 Å². The molecule has 0 spiro atoms. The number of hydrogen-bond acceptors (Lipinski definition) is 4. The summed E-state index contributed by atoms with van der Waals surface area (Å²) in [7, 11) is -3.38. The summed E-state index contributed by atoms with van der Waals surface area (Å²) in [5, 5.41) is 8.86. The van der Waals surface area contributed by atoms with Crippen molar-refractivity contribution in [2.45, 2.75) is 39.8 Å². The van der Waals surface area contributed by atoms with Gasteiger partial charge in [0.25, 0.3) is 0 Å². The van der Waals surface area contributed by atoms with E-state index < -0.39 is 16.0 Å². The summed E-state index contributed by atoms with van der Waals surface area (Å²) in [6.45, 7) is 4.88. The standard InChI is InChI=1S/C19H25NO4S2/c1-14(2)10-15-4-6-16(7-5-15)12-20(26(3,23)24)13-18-9-8-17(25-18)11-19(21)22/h4-9,14H,10-13H2,1-3H3,(H,21,22). The Kier molecular flexibility index (Phi) is 6.97. The highest BCUT2D eigenvalue weighted by molar-refractivity contribution is 7.88. The highest BCUT2D eigenvalue weighted by atomic mass is 32.2.